The molecule has 0 aliphatic rings. The van der Waals surface area contributed by atoms with Crippen molar-refractivity contribution in [2.45, 2.75) is 19.7 Å². The monoisotopic (exact) mass is 403 g/mol. The highest BCUT2D eigenvalue weighted by molar-refractivity contribution is 6.32. The van der Waals surface area contributed by atoms with Gasteiger partial charge in [0.25, 0.3) is 0 Å². The summed E-state index contributed by atoms with van der Waals surface area (Å²) in [5.41, 5.74) is 3.24. The molecule has 6 heteroatoms. The molecule has 1 aromatic heterocycles. The maximum Gasteiger partial charge on any atom is 0.180 e. The molecule has 4 nitrogen and oxygen atoms in total. The van der Waals surface area contributed by atoms with Gasteiger partial charge in [0.15, 0.2) is 11.5 Å². The SMILES string of the molecule is COc1cc(CNCc2cccnc2)cc(Cl)c1OCc1ccccc1.[Cl-]. The smallest absolute Gasteiger partial charge is 0.180 e. The number of rotatable bonds is 8. The lowest BCUT2D eigenvalue weighted by atomic mass is 10.2. The average Bonchev–Trinajstić information content (AvgIpc) is 2.68. The van der Waals surface area contributed by atoms with E-state index in [0.29, 0.717) is 29.7 Å². The number of hydrogen-bond acceptors (Lipinski definition) is 4. The van der Waals surface area contributed by atoms with E-state index in [2.05, 4.69) is 10.3 Å². The Kier molecular flexibility index (Phi) is 8.40. The topological polar surface area (TPSA) is 43.4 Å². The van der Waals surface area contributed by atoms with Gasteiger partial charge in [-0.2, -0.15) is 0 Å². The molecule has 2 aromatic carbocycles. The van der Waals surface area contributed by atoms with Crippen molar-refractivity contribution in [3.05, 3.63) is 88.7 Å². The maximum atomic E-state index is 6.43. The molecule has 0 unspecified atom stereocenters. The second-order valence-electron chi connectivity index (χ2n) is 5.85. The molecule has 0 fully saturated rings. The van der Waals surface area contributed by atoms with Gasteiger partial charge in [0.05, 0.1) is 12.1 Å². The van der Waals surface area contributed by atoms with E-state index in [0.717, 1.165) is 23.2 Å². The van der Waals surface area contributed by atoms with Gasteiger partial charge in [-0.15, -0.1) is 0 Å². The Morgan fingerprint density at radius 2 is 1.70 bits per heavy atom. The Bertz CT molecular complexity index is 830. The highest BCUT2D eigenvalue weighted by atomic mass is 35.5. The molecule has 0 saturated carbocycles. The van der Waals surface area contributed by atoms with E-state index in [1.165, 1.54) is 0 Å². The van der Waals surface area contributed by atoms with E-state index in [4.69, 9.17) is 21.1 Å². The van der Waals surface area contributed by atoms with Crippen molar-refractivity contribution < 1.29 is 21.9 Å². The van der Waals surface area contributed by atoms with E-state index in [1.54, 1.807) is 13.3 Å². The van der Waals surface area contributed by atoms with Crippen molar-refractivity contribution in [1.29, 1.82) is 0 Å². The average molecular weight is 404 g/mol. The van der Waals surface area contributed by atoms with Crippen LogP contribution in [0.5, 0.6) is 11.5 Å². The fourth-order valence-electron chi connectivity index (χ4n) is 2.60. The first-order valence-corrected chi connectivity index (χ1v) is 8.77. The summed E-state index contributed by atoms with van der Waals surface area (Å²) in [6.07, 6.45) is 3.61. The number of pyridine rings is 1. The largest absolute Gasteiger partial charge is 1.00 e. The molecule has 1 heterocycles. The van der Waals surface area contributed by atoms with Crippen molar-refractivity contribution in [1.82, 2.24) is 10.3 Å². The Balaban J connectivity index is 0.00000261. The van der Waals surface area contributed by atoms with E-state index in [1.807, 2.05) is 60.8 Å². The number of nitrogens with one attached hydrogen (secondary N) is 1. The van der Waals surface area contributed by atoms with Crippen LogP contribution in [-0.2, 0) is 19.7 Å². The van der Waals surface area contributed by atoms with Gasteiger partial charge in [0.2, 0.25) is 0 Å². The summed E-state index contributed by atoms with van der Waals surface area (Å²) >= 11 is 6.43. The molecule has 0 radical (unpaired) electrons. The molecule has 0 aliphatic heterocycles. The minimum absolute atomic E-state index is 0. The van der Waals surface area contributed by atoms with Crippen LogP contribution in [0.25, 0.3) is 0 Å². The summed E-state index contributed by atoms with van der Waals surface area (Å²) in [5.74, 6) is 1.20. The van der Waals surface area contributed by atoms with Crippen molar-refractivity contribution >= 4 is 11.6 Å². The number of hydrogen-bond donors (Lipinski definition) is 1. The zero-order chi connectivity index (χ0) is 18.2. The molecule has 1 N–H and O–H groups in total. The molecular formula is C21H21Cl2N2O2-. The predicted octanol–water partition coefficient (Wildman–Crippen LogP) is 1.62. The molecular weight excluding hydrogens is 383 g/mol. The summed E-state index contributed by atoms with van der Waals surface area (Å²) in [6, 6.07) is 17.8. The lowest BCUT2D eigenvalue weighted by Gasteiger charge is -2.15. The summed E-state index contributed by atoms with van der Waals surface area (Å²) in [7, 11) is 1.62. The standard InChI is InChI=1S/C21H21ClN2O2.ClH/c1-25-20-11-18(14-24-13-17-8-5-9-23-12-17)10-19(22)21(20)26-15-16-6-3-2-4-7-16;/h2-12,24H,13-15H2,1H3;1H/p-1. The first kappa shape index (κ1) is 21.0. The van der Waals surface area contributed by atoms with Crippen LogP contribution in [0, 0.1) is 0 Å². The number of methoxy groups -OCH3 is 1. The number of aromatic nitrogens is 1. The van der Waals surface area contributed by atoms with Crippen LogP contribution in [0.15, 0.2) is 67.0 Å². The predicted molar refractivity (Wildman–Crippen MR) is 104 cm³/mol. The molecule has 0 saturated heterocycles. The summed E-state index contributed by atoms with van der Waals surface area (Å²) in [5, 5.41) is 3.92. The van der Waals surface area contributed by atoms with Gasteiger partial charge in [0.1, 0.15) is 6.61 Å². The van der Waals surface area contributed by atoms with E-state index in [-0.39, 0.29) is 12.4 Å². The van der Waals surface area contributed by atoms with Crippen molar-refractivity contribution in [3.63, 3.8) is 0 Å². The molecule has 27 heavy (non-hydrogen) atoms. The van der Waals surface area contributed by atoms with Crippen LogP contribution in [-0.4, -0.2) is 12.1 Å². The fourth-order valence-corrected chi connectivity index (χ4v) is 2.89. The van der Waals surface area contributed by atoms with E-state index in [9.17, 15) is 0 Å². The quantitative estimate of drug-likeness (QED) is 0.620. The number of benzene rings is 2. The molecule has 0 spiro atoms. The van der Waals surface area contributed by atoms with Gasteiger partial charge in [0, 0.05) is 25.5 Å². The highest BCUT2D eigenvalue weighted by Gasteiger charge is 2.12. The summed E-state index contributed by atoms with van der Waals surface area (Å²) in [4.78, 5) is 4.11. The maximum absolute atomic E-state index is 6.43. The fraction of sp³-hybridized carbons (Fsp3) is 0.190. The summed E-state index contributed by atoms with van der Waals surface area (Å²) < 4.78 is 11.4. The Morgan fingerprint density at radius 3 is 2.41 bits per heavy atom. The number of ether oxygens (including phenoxy) is 2. The third-order valence-corrected chi connectivity index (χ3v) is 4.18. The zero-order valence-corrected chi connectivity index (χ0v) is 16.5. The van der Waals surface area contributed by atoms with Crippen LogP contribution < -0.4 is 27.2 Å². The van der Waals surface area contributed by atoms with Crippen molar-refractivity contribution in [2.24, 2.45) is 0 Å². The summed E-state index contributed by atoms with van der Waals surface area (Å²) in [6.45, 7) is 1.85. The lowest BCUT2D eigenvalue weighted by Crippen LogP contribution is -3.00. The second-order valence-corrected chi connectivity index (χ2v) is 6.26. The minimum atomic E-state index is 0. The zero-order valence-electron chi connectivity index (χ0n) is 15.0. The van der Waals surface area contributed by atoms with Crippen molar-refractivity contribution in [2.75, 3.05) is 7.11 Å². The molecule has 3 rings (SSSR count). The third kappa shape index (κ3) is 6.14. The Morgan fingerprint density at radius 1 is 0.963 bits per heavy atom. The molecule has 3 aromatic rings. The van der Waals surface area contributed by atoms with Gasteiger partial charge in [-0.1, -0.05) is 48.0 Å². The van der Waals surface area contributed by atoms with Crippen LogP contribution in [0.1, 0.15) is 16.7 Å². The van der Waals surface area contributed by atoms with Gasteiger partial charge in [-0.05, 0) is 34.9 Å². The normalized spacial score (nSPS) is 10.1. The second kappa shape index (κ2) is 10.8. The highest BCUT2D eigenvalue weighted by Crippen LogP contribution is 2.37. The van der Waals surface area contributed by atoms with Gasteiger partial charge in [-0.3, -0.25) is 4.98 Å². The first-order valence-electron chi connectivity index (χ1n) is 8.39. The van der Waals surface area contributed by atoms with Gasteiger partial charge < -0.3 is 27.2 Å². The molecule has 142 valence electrons. The minimum Gasteiger partial charge on any atom is -1.00 e. The number of halogens is 2. The third-order valence-electron chi connectivity index (χ3n) is 3.90. The van der Waals surface area contributed by atoms with E-state index >= 15 is 0 Å². The van der Waals surface area contributed by atoms with Crippen LogP contribution in [0.2, 0.25) is 5.02 Å². The lowest BCUT2D eigenvalue weighted by molar-refractivity contribution is -0.00000578. The van der Waals surface area contributed by atoms with E-state index < -0.39 is 0 Å². The first-order chi connectivity index (χ1) is 12.8. The van der Waals surface area contributed by atoms with Crippen LogP contribution in [0.3, 0.4) is 0 Å². The van der Waals surface area contributed by atoms with Gasteiger partial charge >= 0.3 is 0 Å². The van der Waals surface area contributed by atoms with Crippen LogP contribution in [0.4, 0.5) is 0 Å². The molecule has 0 atom stereocenters. The number of nitrogens with zero attached hydrogens (tertiary/aromatic N) is 1. The Hall–Kier alpha value is -2.27. The molecule has 0 amide bonds. The van der Waals surface area contributed by atoms with Gasteiger partial charge in [-0.25, -0.2) is 0 Å². The Labute approximate surface area is 170 Å². The van der Waals surface area contributed by atoms with Crippen LogP contribution >= 0.6 is 11.6 Å². The molecule has 0 aliphatic carbocycles. The molecule has 0 bridgehead atoms. The van der Waals surface area contributed by atoms with Crippen molar-refractivity contribution in [3.8, 4) is 11.5 Å².